The number of phenols is 1. The lowest BCUT2D eigenvalue weighted by Crippen LogP contribution is -2.13. The van der Waals surface area contributed by atoms with Gasteiger partial charge in [0.1, 0.15) is 0 Å². The lowest BCUT2D eigenvalue weighted by atomic mass is 10.1. The Balaban J connectivity index is 3.41. The first kappa shape index (κ1) is 12.7. The average molecular weight is 295 g/mol. The standard InChI is InChI=1S/C9H8BrFO5/c1-16-4-2-3(10)5(6(11)7(4)12)8(13)9(14)15/h2,8,12-13H,1H3,(H,14,15). The van der Waals surface area contributed by atoms with Crippen molar-refractivity contribution < 1.29 is 29.2 Å². The Bertz CT molecular complexity index is 434. The lowest BCUT2D eigenvalue weighted by Gasteiger charge is -2.13. The molecule has 1 aromatic rings. The maximum absolute atomic E-state index is 13.5. The molecule has 0 bridgehead atoms. The van der Waals surface area contributed by atoms with E-state index in [9.17, 15) is 19.4 Å². The molecule has 1 aromatic carbocycles. The topological polar surface area (TPSA) is 87.0 Å². The molecule has 0 heterocycles. The number of rotatable bonds is 3. The quantitative estimate of drug-likeness (QED) is 0.785. The second-order valence-corrected chi connectivity index (χ2v) is 3.73. The summed E-state index contributed by atoms with van der Waals surface area (Å²) in [7, 11) is 1.22. The number of hydrogen-bond donors (Lipinski definition) is 3. The minimum atomic E-state index is -2.06. The predicted molar refractivity (Wildman–Crippen MR) is 54.9 cm³/mol. The molecule has 1 unspecified atom stereocenters. The number of hydrogen-bond acceptors (Lipinski definition) is 4. The largest absolute Gasteiger partial charge is 0.502 e. The van der Waals surface area contributed by atoms with Crippen molar-refractivity contribution in [3.8, 4) is 11.5 Å². The second kappa shape index (κ2) is 4.67. The number of aliphatic carboxylic acids is 1. The first-order valence-electron chi connectivity index (χ1n) is 4.05. The van der Waals surface area contributed by atoms with Crippen LogP contribution in [-0.4, -0.2) is 28.4 Å². The van der Waals surface area contributed by atoms with E-state index < -0.39 is 29.2 Å². The number of aromatic hydroxyl groups is 1. The van der Waals surface area contributed by atoms with Crippen molar-refractivity contribution in [2.75, 3.05) is 7.11 Å². The van der Waals surface area contributed by atoms with Gasteiger partial charge in [0.05, 0.1) is 7.11 Å². The summed E-state index contributed by atoms with van der Waals surface area (Å²) < 4.78 is 18.2. The molecule has 0 aliphatic heterocycles. The maximum atomic E-state index is 13.5. The Morgan fingerprint density at radius 3 is 2.62 bits per heavy atom. The zero-order valence-corrected chi connectivity index (χ0v) is 9.65. The molecule has 5 nitrogen and oxygen atoms in total. The summed E-state index contributed by atoms with van der Waals surface area (Å²) in [5, 5.41) is 27.1. The molecule has 0 fully saturated rings. The molecule has 88 valence electrons. The highest BCUT2D eigenvalue weighted by Gasteiger charge is 2.27. The number of aliphatic hydroxyl groups excluding tert-OH is 1. The number of aliphatic hydroxyl groups is 1. The van der Waals surface area contributed by atoms with Gasteiger partial charge in [-0.05, 0) is 6.07 Å². The molecular formula is C9H8BrFO5. The van der Waals surface area contributed by atoms with E-state index in [1.165, 1.54) is 13.2 Å². The van der Waals surface area contributed by atoms with E-state index in [1.54, 1.807) is 0 Å². The third-order valence-electron chi connectivity index (χ3n) is 1.92. The molecule has 0 amide bonds. The van der Waals surface area contributed by atoms with Gasteiger partial charge in [-0.1, -0.05) is 15.9 Å². The van der Waals surface area contributed by atoms with E-state index in [0.29, 0.717) is 0 Å². The zero-order valence-electron chi connectivity index (χ0n) is 8.07. The summed E-state index contributed by atoms with van der Waals surface area (Å²) >= 11 is 2.89. The molecule has 0 saturated heterocycles. The van der Waals surface area contributed by atoms with Crippen molar-refractivity contribution in [2.45, 2.75) is 6.10 Å². The molecule has 1 atom stereocenters. The fourth-order valence-electron chi connectivity index (χ4n) is 1.13. The van der Waals surface area contributed by atoms with Crippen LogP contribution in [0.25, 0.3) is 0 Å². The summed E-state index contributed by atoms with van der Waals surface area (Å²) in [5.74, 6) is -3.86. The van der Waals surface area contributed by atoms with Crippen molar-refractivity contribution in [2.24, 2.45) is 0 Å². The molecule has 0 aliphatic rings. The number of halogens is 2. The van der Waals surface area contributed by atoms with E-state index in [0.717, 1.165) is 0 Å². The third kappa shape index (κ3) is 2.10. The van der Waals surface area contributed by atoms with Gasteiger partial charge in [0.2, 0.25) is 0 Å². The molecule has 0 radical (unpaired) electrons. The van der Waals surface area contributed by atoms with Crippen molar-refractivity contribution in [3.05, 3.63) is 21.9 Å². The van der Waals surface area contributed by atoms with Crippen LogP contribution < -0.4 is 4.74 Å². The Hall–Kier alpha value is -1.34. The molecule has 7 heteroatoms. The molecular weight excluding hydrogens is 287 g/mol. The molecule has 0 aromatic heterocycles. The fourth-order valence-corrected chi connectivity index (χ4v) is 1.73. The highest BCUT2D eigenvalue weighted by molar-refractivity contribution is 9.10. The maximum Gasteiger partial charge on any atom is 0.337 e. The van der Waals surface area contributed by atoms with E-state index in [4.69, 9.17) is 5.11 Å². The first-order valence-corrected chi connectivity index (χ1v) is 4.85. The number of carboxylic acid groups (broad SMARTS) is 1. The first-order chi connectivity index (χ1) is 7.40. The van der Waals surface area contributed by atoms with E-state index >= 15 is 0 Å². The second-order valence-electron chi connectivity index (χ2n) is 2.88. The van der Waals surface area contributed by atoms with Crippen LogP contribution in [0.3, 0.4) is 0 Å². The summed E-state index contributed by atoms with van der Waals surface area (Å²) in [6.07, 6.45) is -2.06. The predicted octanol–water partition coefficient (Wildman–Crippen LogP) is 1.42. The van der Waals surface area contributed by atoms with Crippen LogP contribution in [0.4, 0.5) is 4.39 Å². The molecule has 16 heavy (non-hydrogen) atoms. The highest BCUT2D eigenvalue weighted by Crippen LogP contribution is 2.38. The minimum absolute atomic E-state index is 0.00505. The van der Waals surface area contributed by atoms with Gasteiger partial charge in [-0.15, -0.1) is 0 Å². The number of methoxy groups -OCH3 is 1. The van der Waals surface area contributed by atoms with Crippen LogP contribution in [-0.2, 0) is 4.79 Å². The van der Waals surface area contributed by atoms with Gasteiger partial charge < -0.3 is 20.1 Å². The van der Waals surface area contributed by atoms with Crippen molar-refractivity contribution in [1.29, 1.82) is 0 Å². The summed E-state index contributed by atoms with van der Waals surface area (Å²) in [6, 6.07) is 1.17. The Labute approximate surface area is 98.2 Å². The highest BCUT2D eigenvalue weighted by atomic mass is 79.9. The molecule has 0 saturated carbocycles. The molecule has 1 rings (SSSR count). The number of benzene rings is 1. The monoisotopic (exact) mass is 294 g/mol. The number of ether oxygens (including phenoxy) is 1. The van der Waals surface area contributed by atoms with Gasteiger partial charge in [-0.25, -0.2) is 9.18 Å². The normalized spacial score (nSPS) is 12.2. The minimum Gasteiger partial charge on any atom is -0.502 e. The smallest absolute Gasteiger partial charge is 0.337 e. The number of carbonyl (C=O) groups is 1. The van der Waals surface area contributed by atoms with Crippen LogP contribution >= 0.6 is 15.9 Å². The van der Waals surface area contributed by atoms with Gasteiger partial charge in [0.25, 0.3) is 0 Å². The van der Waals surface area contributed by atoms with Crippen LogP contribution in [0.5, 0.6) is 11.5 Å². The Kier molecular flexibility index (Phi) is 3.71. The Morgan fingerprint density at radius 1 is 1.62 bits per heavy atom. The number of phenolic OH excluding ortho intramolecular Hbond substituents is 1. The van der Waals surface area contributed by atoms with Crippen LogP contribution in [0.2, 0.25) is 0 Å². The van der Waals surface area contributed by atoms with Crippen LogP contribution in [0.15, 0.2) is 10.5 Å². The Morgan fingerprint density at radius 2 is 2.19 bits per heavy atom. The SMILES string of the molecule is COc1cc(Br)c(C(O)C(=O)O)c(F)c1O. The van der Waals surface area contributed by atoms with Crippen molar-refractivity contribution >= 4 is 21.9 Å². The van der Waals surface area contributed by atoms with E-state index in [-0.39, 0.29) is 10.2 Å². The van der Waals surface area contributed by atoms with E-state index in [1.807, 2.05) is 0 Å². The van der Waals surface area contributed by atoms with Crippen LogP contribution in [0.1, 0.15) is 11.7 Å². The summed E-state index contributed by atoms with van der Waals surface area (Å²) in [5.41, 5.74) is -0.550. The molecule has 0 spiro atoms. The van der Waals surface area contributed by atoms with Crippen LogP contribution in [0, 0.1) is 5.82 Å². The van der Waals surface area contributed by atoms with Gasteiger partial charge in [-0.3, -0.25) is 0 Å². The van der Waals surface area contributed by atoms with Crippen molar-refractivity contribution in [3.63, 3.8) is 0 Å². The zero-order chi connectivity index (χ0) is 12.5. The average Bonchev–Trinajstić information content (AvgIpc) is 2.23. The molecule has 0 aliphatic carbocycles. The van der Waals surface area contributed by atoms with Gasteiger partial charge in [0, 0.05) is 10.0 Å². The van der Waals surface area contributed by atoms with Gasteiger partial charge in [0.15, 0.2) is 23.4 Å². The van der Waals surface area contributed by atoms with E-state index in [2.05, 4.69) is 20.7 Å². The summed E-state index contributed by atoms with van der Waals surface area (Å²) in [6.45, 7) is 0. The number of carboxylic acids is 1. The van der Waals surface area contributed by atoms with Crippen molar-refractivity contribution in [1.82, 2.24) is 0 Å². The van der Waals surface area contributed by atoms with Gasteiger partial charge in [-0.2, -0.15) is 0 Å². The lowest BCUT2D eigenvalue weighted by molar-refractivity contribution is -0.147. The molecule has 3 N–H and O–H groups in total. The third-order valence-corrected chi connectivity index (χ3v) is 2.58. The fraction of sp³-hybridized carbons (Fsp3) is 0.222. The summed E-state index contributed by atoms with van der Waals surface area (Å²) in [4.78, 5) is 10.5. The van der Waals surface area contributed by atoms with Gasteiger partial charge >= 0.3 is 5.97 Å².